The number of hydrogen-bond acceptors (Lipinski definition) is 3. The monoisotopic (exact) mass is 194 g/mol. The Bertz CT molecular complexity index is 292. The summed E-state index contributed by atoms with van der Waals surface area (Å²) in [5, 5.41) is 12.9. The second-order valence-corrected chi connectivity index (χ2v) is 3.89. The Labute approximate surface area is 85.2 Å². The molecule has 1 aromatic heterocycles. The number of aliphatic hydroxyl groups is 1. The van der Waals surface area contributed by atoms with Crippen LogP contribution in [0.25, 0.3) is 0 Å². The number of rotatable bonds is 4. The van der Waals surface area contributed by atoms with Crippen molar-refractivity contribution in [1.29, 1.82) is 0 Å². The second kappa shape index (κ2) is 4.42. The Morgan fingerprint density at radius 2 is 2.14 bits per heavy atom. The minimum absolute atomic E-state index is 0.693. The van der Waals surface area contributed by atoms with Gasteiger partial charge in [-0.3, -0.25) is 0 Å². The topological polar surface area (TPSA) is 45.1 Å². The van der Waals surface area contributed by atoms with Crippen LogP contribution in [0, 0.1) is 0 Å². The van der Waals surface area contributed by atoms with Crippen LogP contribution in [-0.2, 0) is 5.60 Å². The molecule has 0 aliphatic rings. The van der Waals surface area contributed by atoms with Gasteiger partial charge in [-0.05, 0) is 32.4 Å². The molecule has 0 fully saturated rings. The zero-order valence-corrected chi connectivity index (χ0v) is 9.04. The first-order chi connectivity index (χ1) is 6.54. The molecule has 0 saturated carbocycles. The number of aromatic nitrogens is 1. The minimum Gasteiger partial charge on any atom is -0.384 e. The number of pyridine rings is 1. The summed E-state index contributed by atoms with van der Waals surface area (Å²) in [5.41, 5.74) is -0.178. The molecule has 1 rings (SSSR count). The summed E-state index contributed by atoms with van der Waals surface area (Å²) in [7, 11) is 0. The number of hydrogen-bond donors (Lipinski definition) is 2. The summed E-state index contributed by atoms with van der Waals surface area (Å²) in [6.07, 6.45) is 1.06. The molecule has 78 valence electrons. The highest BCUT2D eigenvalue weighted by Gasteiger charge is 2.17. The Balaban J connectivity index is 2.79. The molecule has 3 heteroatoms. The van der Waals surface area contributed by atoms with Crippen LogP contribution in [0.1, 0.15) is 32.9 Å². The lowest BCUT2D eigenvalue weighted by molar-refractivity contribution is 0.0740. The van der Waals surface area contributed by atoms with Gasteiger partial charge in [-0.25, -0.2) is 4.98 Å². The standard InChI is InChI=1S/C11H18N2O/c1-4-8-12-10-7-5-6-9(13-10)11(2,3)14/h5-7,14H,4,8H2,1-3H3,(H,12,13). The van der Waals surface area contributed by atoms with Crippen LogP contribution in [0.5, 0.6) is 0 Å². The van der Waals surface area contributed by atoms with Crippen molar-refractivity contribution in [3.8, 4) is 0 Å². The molecule has 0 radical (unpaired) electrons. The van der Waals surface area contributed by atoms with Crippen LogP contribution in [0.4, 0.5) is 5.82 Å². The SMILES string of the molecule is CCCNc1cccc(C(C)(C)O)n1. The predicted octanol–water partition coefficient (Wildman–Crippen LogP) is 2.13. The fourth-order valence-corrected chi connectivity index (χ4v) is 1.13. The first-order valence-electron chi connectivity index (χ1n) is 4.98. The lowest BCUT2D eigenvalue weighted by atomic mass is 10.1. The molecule has 0 aliphatic heterocycles. The summed E-state index contributed by atoms with van der Waals surface area (Å²) < 4.78 is 0. The van der Waals surface area contributed by atoms with Crippen molar-refractivity contribution in [2.45, 2.75) is 32.8 Å². The van der Waals surface area contributed by atoms with Gasteiger partial charge in [0.1, 0.15) is 11.4 Å². The molecule has 3 nitrogen and oxygen atoms in total. The molecule has 14 heavy (non-hydrogen) atoms. The third-order valence-electron chi connectivity index (χ3n) is 1.93. The maximum atomic E-state index is 9.75. The van der Waals surface area contributed by atoms with Crippen molar-refractivity contribution in [3.63, 3.8) is 0 Å². The Hall–Kier alpha value is -1.09. The summed E-state index contributed by atoms with van der Waals surface area (Å²) in [5.74, 6) is 0.825. The number of nitrogens with zero attached hydrogens (tertiary/aromatic N) is 1. The van der Waals surface area contributed by atoms with Crippen LogP contribution in [0.2, 0.25) is 0 Å². The molecule has 0 unspecified atom stereocenters. The van der Waals surface area contributed by atoms with Gasteiger partial charge >= 0.3 is 0 Å². The molecule has 1 aromatic rings. The molecular weight excluding hydrogens is 176 g/mol. The minimum atomic E-state index is -0.871. The Kier molecular flexibility index (Phi) is 3.47. The van der Waals surface area contributed by atoms with E-state index in [1.807, 2.05) is 18.2 Å². The van der Waals surface area contributed by atoms with Crippen molar-refractivity contribution >= 4 is 5.82 Å². The van der Waals surface area contributed by atoms with Gasteiger partial charge in [0.15, 0.2) is 0 Å². The maximum absolute atomic E-state index is 9.75. The molecule has 2 N–H and O–H groups in total. The first kappa shape index (κ1) is 11.0. The van der Waals surface area contributed by atoms with Crippen molar-refractivity contribution in [3.05, 3.63) is 23.9 Å². The van der Waals surface area contributed by atoms with E-state index in [2.05, 4.69) is 17.2 Å². The Morgan fingerprint density at radius 1 is 1.43 bits per heavy atom. The zero-order chi connectivity index (χ0) is 10.6. The first-order valence-corrected chi connectivity index (χ1v) is 4.98. The van der Waals surface area contributed by atoms with E-state index >= 15 is 0 Å². The highest BCUT2D eigenvalue weighted by Crippen LogP contribution is 2.18. The molecule has 0 aliphatic carbocycles. The average Bonchev–Trinajstić information content (AvgIpc) is 2.14. The maximum Gasteiger partial charge on any atom is 0.126 e. The van der Waals surface area contributed by atoms with Crippen LogP contribution in [0.3, 0.4) is 0 Å². The Morgan fingerprint density at radius 3 is 2.71 bits per heavy atom. The van der Waals surface area contributed by atoms with Crippen molar-refractivity contribution < 1.29 is 5.11 Å². The highest BCUT2D eigenvalue weighted by molar-refractivity contribution is 5.36. The lowest BCUT2D eigenvalue weighted by Crippen LogP contribution is -2.18. The number of nitrogens with one attached hydrogen (secondary N) is 1. The number of anilines is 1. The van der Waals surface area contributed by atoms with Gasteiger partial charge in [-0.2, -0.15) is 0 Å². The van der Waals surface area contributed by atoms with Gasteiger partial charge in [-0.1, -0.05) is 13.0 Å². The molecular formula is C11H18N2O. The molecule has 0 spiro atoms. The van der Waals surface area contributed by atoms with Crippen molar-refractivity contribution in [2.24, 2.45) is 0 Å². The van der Waals surface area contributed by atoms with Gasteiger partial charge in [0, 0.05) is 6.54 Å². The van der Waals surface area contributed by atoms with Gasteiger partial charge in [0.25, 0.3) is 0 Å². The quantitative estimate of drug-likeness (QED) is 0.771. The molecule has 0 saturated heterocycles. The summed E-state index contributed by atoms with van der Waals surface area (Å²) in [6.45, 7) is 6.48. The third-order valence-corrected chi connectivity index (χ3v) is 1.93. The average molecular weight is 194 g/mol. The third kappa shape index (κ3) is 3.00. The van der Waals surface area contributed by atoms with E-state index in [1.54, 1.807) is 13.8 Å². The van der Waals surface area contributed by atoms with Gasteiger partial charge in [0.05, 0.1) is 5.69 Å². The fraction of sp³-hybridized carbons (Fsp3) is 0.545. The summed E-state index contributed by atoms with van der Waals surface area (Å²) >= 11 is 0. The van der Waals surface area contributed by atoms with Crippen LogP contribution in [-0.4, -0.2) is 16.6 Å². The largest absolute Gasteiger partial charge is 0.384 e. The fourth-order valence-electron chi connectivity index (χ4n) is 1.13. The van der Waals surface area contributed by atoms with Gasteiger partial charge in [0.2, 0.25) is 0 Å². The van der Waals surface area contributed by atoms with E-state index in [-0.39, 0.29) is 0 Å². The molecule has 0 amide bonds. The zero-order valence-electron chi connectivity index (χ0n) is 9.04. The normalized spacial score (nSPS) is 11.4. The lowest BCUT2D eigenvalue weighted by Gasteiger charge is -2.17. The van der Waals surface area contributed by atoms with E-state index in [0.29, 0.717) is 5.69 Å². The van der Waals surface area contributed by atoms with E-state index in [9.17, 15) is 5.11 Å². The van der Waals surface area contributed by atoms with Crippen molar-refractivity contribution in [1.82, 2.24) is 4.98 Å². The predicted molar refractivity (Wildman–Crippen MR) is 58.3 cm³/mol. The second-order valence-electron chi connectivity index (χ2n) is 3.89. The van der Waals surface area contributed by atoms with E-state index in [4.69, 9.17) is 0 Å². The van der Waals surface area contributed by atoms with E-state index in [1.165, 1.54) is 0 Å². The summed E-state index contributed by atoms with van der Waals surface area (Å²) in [6, 6.07) is 5.64. The molecule has 1 heterocycles. The van der Waals surface area contributed by atoms with Crippen LogP contribution in [0.15, 0.2) is 18.2 Å². The molecule has 0 aromatic carbocycles. The van der Waals surface area contributed by atoms with Crippen LogP contribution >= 0.6 is 0 Å². The summed E-state index contributed by atoms with van der Waals surface area (Å²) in [4.78, 5) is 4.32. The smallest absolute Gasteiger partial charge is 0.126 e. The van der Waals surface area contributed by atoms with Crippen molar-refractivity contribution in [2.75, 3.05) is 11.9 Å². The van der Waals surface area contributed by atoms with Gasteiger partial charge in [-0.15, -0.1) is 0 Å². The van der Waals surface area contributed by atoms with Gasteiger partial charge < -0.3 is 10.4 Å². The van der Waals surface area contributed by atoms with E-state index < -0.39 is 5.60 Å². The highest BCUT2D eigenvalue weighted by atomic mass is 16.3. The van der Waals surface area contributed by atoms with E-state index in [0.717, 1.165) is 18.8 Å². The molecule has 0 atom stereocenters. The van der Waals surface area contributed by atoms with Crippen LogP contribution < -0.4 is 5.32 Å². The molecule has 0 bridgehead atoms.